The van der Waals surface area contributed by atoms with Crippen molar-refractivity contribution in [1.82, 2.24) is 30.2 Å². The molecule has 7 nitrogen and oxygen atoms in total. The number of fused-ring (bicyclic) bond motifs is 1. The zero-order valence-electron chi connectivity index (χ0n) is 15.1. The lowest BCUT2D eigenvalue weighted by molar-refractivity contribution is -0.144. The number of aromatic nitrogens is 4. The summed E-state index contributed by atoms with van der Waals surface area (Å²) in [4.78, 5) is 19.6. The summed E-state index contributed by atoms with van der Waals surface area (Å²) in [6, 6.07) is 0.316. The summed E-state index contributed by atoms with van der Waals surface area (Å²) in [5, 5.41) is 9.70. The van der Waals surface area contributed by atoms with Gasteiger partial charge in [0.05, 0.1) is 0 Å². The third-order valence-corrected chi connectivity index (χ3v) is 4.61. The lowest BCUT2D eigenvalue weighted by Gasteiger charge is -2.13. The summed E-state index contributed by atoms with van der Waals surface area (Å²) >= 11 is 0. The fraction of sp³-hybridized carbons (Fsp3) is 0.625. The molecule has 1 unspecified atom stereocenters. The van der Waals surface area contributed by atoms with E-state index in [4.69, 9.17) is 0 Å². The van der Waals surface area contributed by atoms with Crippen LogP contribution in [0.3, 0.4) is 0 Å². The fourth-order valence-corrected chi connectivity index (χ4v) is 3.19. The third-order valence-electron chi connectivity index (χ3n) is 4.61. The highest BCUT2D eigenvalue weighted by molar-refractivity contribution is 5.85. The number of alkyl halides is 3. The number of carbonyl (C=O) groups excluding carboxylic acids is 1. The van der Waals surface area contributed by atoms with Crippen LogP contribution in [0.15, 0.2) is 0 Å². The van der Waals surface area contributed by atoms with Gasteiger partial charge in [-0.3, -0.25) is 4.79 Å². The third kappa shape index (κ3) is 4.86. The molecule has 11 heteroatoms. The molecule has 1 saturated heterocycles. The number of nitrogens with one attached hydrogen (secondary N) is 2. The van der Waals surface area contributed by atoms with Crippen LogP contribution in [0.25, 0.3) is 5.78 Å². The normalized spacial score (nSPS) is 17.1. The van der Waals surface area contributed by atoms with Gasteiger partial charge in [0, 0.05) is 30.4 Å². The molecular weight excluding hydrogens is 385 g/mol. The zero-order valence-corrected chi connectivity index (χ0v) is 15.9. The second-order valence-corrected chi connectivity index (χ2v) is 6.50. The maximum Gasteiger partial charge on any atom is 0.453 e. The van der Waals surface area contributed by atoms with E-state index >= 15 is 0 Å². The van der Waals surface area contributed by atoms with E-state index in [0.717, 1.165) is 23.9 Å². The van der Waals surface area contributed by atoms with E-state index in [9.17, 15) is 18.0 Å². The number of carbonyl (C=O) groups is 1. The molecule has 0 saturated carbocycles. The molecule has 1 amide bonds. The van der Waals surface area contributed by atoms with Crippen LogP contribution in [0.1, 0.15) is 42.0 Å². The highest BCUT2D eigenvalue weighted by Gasteiger charge is 2.36. The van der Waals surface area contributed by atoms with Gasteiger partial charge in [0.1, 0.15) is 0 Å². The van der Waals surface area contributed by atoms with E-state index in [1.807, 2.05) is 0 Å². The Morgan fingerprint density at radius 2 is 2.07 bits per heavy atom. The molecule has 0 aliphatic carbocycles. The smallest absolute Gasteiger partial charge is 0.355 e. The largest absolute Gasteiger partial charge is 0.453 e. The van der Waals surface area contributed by atoms with E-state index in [0.29, 0.717) is 36.0 Å². The number of amides is 1. The number of hydrogen-bond donors (Lipinski definition) is 2. The van der Waals surface area contributed by atoms with E-state index < -0.39 is 12.0 Å². The molecule has 3 rings (SSSR count). The van der Waals surface area contributed by atoms with Crippen LogP contribution in [0.2, 0.25) is 0 Å². The van der Waals surface area contributed by atoms with Gasteiger partial charge in [-0.2, -0.15) is 18.2 Å². The molecule has 150 valence electrons. The first-order valence-corrected chi connectivity index (χ1v) is 8.56. The Balaban J connectivity index is 0.00000261. The Bertz CT molecular complexity index is 817. The molecular formula is C16H22ClF3N6O. The van der Waals surface area contributed by atoms with E-state index in [1.165, 1.54) is 0 Å². The van der Waals surface area contributed by atoms with Gasteiger partial charge in [0.25, 0.3) is 11.6 Å². The molecule has 2 aromatic rings. The lowest BCUT2D eigenvalue weighted by Crippen LogP contribution is -2.37. The monoisotopic (exact) mass is 406 g/mol. The fourth-order valence-electron chi connectivity index (χ4n) is 3.19. The van der Waals surface area contributed by atoms with E-state index in [2.05, 4.69) is 25.7 Å². The Kier molecular flexibility index (Phi) is 6.63. The summed E-state index contributed by atoms with van der Waals surface area (Å²) in [7, 11) is 0. The Labute approximate surface area is 160 Å². The van der Waals surface area contributed by atoms with Gasteiger partial charge >= 0.3 is 6.18 Å². The van der Waals surface area contributed by atoms with Crippen LogP contribution in [0, 0.1) is 13.8 Å². The number of nitrogens with zero attached hydrogens (tertiary/aromatic N) is 4. The second-order valence-electron chi connectivity index (χ2n) is 6.50. The molecule has 0 spiro atoms. The van der Waals surface area contributed by atoms with Crippen LogP contribution >= 0.6 is 12.4 Å². The van der Waals surface area contributed by atoms with Gasteiger partial charge in [-0.05, 0) is 45.2 Å². The minimum absolute atomic E-state index is 0. The first-order chi connectivity index (χ1) is 12.3. The SMILES string of the molecule is Cc1nc2nc(C(F)(F)F)nn2c(C)c1CCC(=O)NCC1CCCN1.Cl. The molecule has 1 atom stereocenters. The quantitative estimate of drug-likeness (QED) is 0.793. The summed E-state index contributed by atoms with van der Waals surface area (Å²) in [5.74, 6) is -1.40. The molecule has 3 heterocycles. The van der Waals surface area contributed by atoms with Crippen molar-refractivity contribution in [3.63, 3.8) is 0 Å². The minimum atomic E-state index is -4.62. The van der Waals surface area contributed by atoms with Crippen molar-refractivity contribution in [3.05, 3.63) is 22.8 Å². The van der Waals surface area contributed by atoms with Crippen LogP contribution in [-0.2, 0) is 17.4 Å². The standard InChI is InChI=1S/C16H21F3N6O.ClH/c1-9-12(5-6-13(26)21-8-11-4-3-7-20-11)10(2)25-15(22-9)23-14(24-25)16(17,18)19;/h11,20H,3-8H2,1-2H3,(H,21,26);1H. The molecule has 0 radical (unpaired) electrons. The van der Waals surface area contributed by atoms with Crippen LogP contribution in [0.4, 0.5) is 13.2 Å². The molecule has 27 heavy (non-hydrogen) atoms. The molecule has 1 aliphatic heterocycles. The van der Waals surface area contributed by atoms with Crippen molar-refractivity contribution in [2.75, 3.05) is 13.1 Å². The Morgan fingerprint density at radius 3 is 2.70 bits per heavy atom. The lowest BCUT2D eigenvalue weighted by atomic mass is 10.1. The van der Waals surface area contributed by atoms with Gasteiger partial charge in [-0.25, -0.2) is 9.50 Å². The summed E-state index contributed by atoms with van der Waals surface area (Å²) < 4.78 is 39.5. The topological polar surface area (TPSA) is 84.2 Å². The summed E-state index contributed by atoms with van der Waals surface area (Å²) in [5.41, 5.74) is 1.78. The van der Waals surface area contributed by atoms with E-state index in [-0.39, 0.29) is 30.5 Å². The number of halogens is 4. The van der Waals surface area contributed by atoms with Gasteiger partial charge < -0.3 is 10.6 Å². The molecule has 0 aromatic carbocycles. The number of rotatable bonds is 5. The number of aryl methyl sites for hydroxylation is 2. The first kappa shape index (κ1) is 21.4. The highest BCUT2D eigenvalue weighted by atomic mass is 35.5. The zero-order chi connectivity index (χ0) is 18.9. The van der Waals surface area contributed by atoms with Crippen molar-refractivity contribution in [3.8, 4) is 0 Å². The first-order valence-electron chi connectivity index (χ1n) is 8.56. The predicted molar refractivity (Wildman–Crippen MR) is 94.9 cm³/mol. The van der Waals surface area contributed by atoms with Crippen molar-refractivity contribution in [2.24, 2.45) is 0 Å². The molecule has 1 aliphatic rings. The molecule has 1 fully saturated rings. The van der Waals surface area contributed by atoms with Gasteiger partial charge in [-0.15, -0.1) is 17.5 Å². The van der Waals surface area contributed by atoms with Crippen LogP contribution in [-0.4, -0.2) is 44.6 Å². The Hall–Kier alpha value is -1.94. The van der Waals surface area contributed by atoms with Gasteiger partial charge in [0.2, 0.25) is 5.91 Å². The molecule has 2 aromatic heterocycles. The number of hydrogen-bond acceptors (Lipinski definition) is 5. The van der Waals surface area contributed by atoms with Gasteiger partial charge in [0.15, 0.2) is 0 Å². The highest BCUT2D eigenvalue weighted by Crippen LogP contribution is 2.27. The Morgan fingerprint density at radius 1 is 1.33 bits per heavy atom. The average Bonchev–Trinajstić information content (AvgIpc) is 3.21. The second kappa shape index (κ2) is 8.39. The maximum atomic E-state index is 12.8. The summed E-state index contributed by atoms with van der Waals surface area (Å²) in [6.45, 7) is 4.92. The maximum absolute atomic E-state index is 12.8. The molecule has 0 bridgehead atoms. The minimum Gasteiger partial charge on any atom is -0.355 e. The van der Waals surface area contributed by atoms with Crippen LogP contribution in [0.5, 0.6) is 0 Å². The predicted octanol–water partition coefficient (Wildman–Crippen LogP) is 1.98. The van der Waals surface area contributed by atoms with Crippen LogP contribution < -0.4 is 10.6 Å². The van der Waals surface area contributed by atoms with E-state index in [1.54, 1.807) is 13.8 Å². The molecule has 2 N–H and O–H groups in total. The average molecular weight is 407 g/mol. The van der Waals surface area contributed by atoms with Gasteiger partial charge in [-0.1, -0.05) is 0 Å². The van der Waals surface area contributed by atoms with Crippen molar-refractivity contribution < 1.29 is 18.0 Å². The van der Waals surface area contributed by atoms with Crippen molar-refractivity contribution >= 4 is 24.1 Å². The van der Waals surface area contributed by atoms with Crippen molar-refractivity contribution in [1.29, 1.82) is 0 Å². The summed E-state index contributed by atoms with van der Waals surface area (Å²) in [6.07, 6.45) is -1.84. The van der Waals surface area contributed by atoms with Crippen molar-refractivity contribution in [2.45, 2.75) is 51.7 Å².